The van der Waals surface area contributed by atoms with E-state index in [2.05, 4.69) is 25.8 Å². The van der Waals surface area contributed by atoms with Gasteiger partial charge in [-0.2, -0.15) is 0 Å². The Bertz CT molecular complexity index is 413. The first-order chi connectivity index (χ1) is 7.30. The third-order valence-corrected chi connectivity index (χ3v) is 2.27. The second-order valence-corrected chi connectivity index (χ2v) is 5.09. The summed E-state index contributed by atoms with van der Waals surface area (Å²) in [5, 5.41) is 15.2. The Hall–Kier alpha value is -1.51. The molecule has 0 fully saturated rings. The summed E-state index contributed by atoms with van der Waals surface area (Å²) in [5.74, 6) is 0. The average molecular weight is 217 g/mol. The first-order valence-electron chi connectivity index (χ1n) is 5.40. The van der Waals surface area contributed by atoms with Crippen molar-refractivity contribution in [1.29, 1.82) is 10.8 Å². The molecule has 0 aliphatic heterocycles. The lowest BCUT2D eigenvalue weighted by molar-refractivity contribution is 0.568. The van der Waals surface area contributed by atoms with Crippen molar-refractivity contribution in [3.8, 4) is 0 Å². The van der Waals surface area contributed by atoms with Gasteiger partial charge in [-0.25, -0.2) is 0 Å². The number of hydrogen-bond donors (Lipinski definition) is 2. The van der Waals surface area contributed by atoms with Gasteiger partial charge in [0.05, 0.1) is 11.4 Å². The number of rotatable bonds is 3. The van der Waals surface area contributed by atoms with Crippen LogP contribution in [0.1, 0.15) is 45.5 Å². The fourth-order valence-electron chi connectivity index (χ4n) is 1.38. The minimum atomic E-state index is -0.00395. The van der Waals surface area contributed by atoms with Crippen molar-refractivity contribution in [2.75, 3.05) is 0 Å². The third-order valence-electron chi connectivity index (χ3n) is 2.27. The van der Waals surface area contributed by atoms with Crippen molar-refractivity contribution in [3.05, 3.63) is 29.6 Å². The van der Waals surface area contributed by atoms with E-state index in [9.17, 15) is 0 Å². The number of hydrogen-bond acceptors (Lipinski definition) is 3. The van der Waals surface area contributed by atoms with Crippen LogP contribution in [0.25, 0.3) is 0 Å². The molecule has 0 saturated carbocycles. The summed E-state index contributed by atoms with van der Waals surface area (Å²) >= 11 is 0. The van der Waals surface area contributed by atoms with Crippen LogP contribution in [-0.2, 0) is 5.41 Å². The molecular formula is C13H19N3. The van der Waals surface area contributed by atoms with Crippen molar-refractivity contribution >= 4 is 11.4 Å². The lowest BCUT2D eigenvalue weighted by Crippen LogP contribution is -2.16. The van der Waals surface area contributed by atoms with Gasteiger partial charge >= 0.3 is 0 Å². The highest BCUT2D eigenvalue weighted by Crippen LogP contribution is 2.20. The van der Waals surface area contributed by atoms with Crippen LogP contribution in [0.15, 0.2) is 18.2 Å². The van der Waals surface area contributed by atoms with E-state index in [1.54, 1.807) is 6.92 Å². The summed E-state index contributed by atoms with van der Waals surface area (Å²) in [6.07, 6.45) is 0.376. The maximum atomic E-state index is 7.86. The van der Waals surface area contributed by atoms with Gasteiger partial charge in [0.2, 0.25) is 0 Å². The number of nitrogens with one attached hydrogen (secondary N) is 2. The highest BCUT2D eigenvalue weighted by molar-refractivity contribution is 6.08. The summed E-state index contributed by atoms with van der Waals surface area (Å²) in [5.41, 5.74) is 2.57. The van der Waals surface area contributed by atoms with Crippen LogP contribution in [0.4, 0.5) is 0 Å². The molecule has 3 heteroatoms. The molecule has 0 radical (unpaired) electrons. The molecule has 0 aromatic carbocycles. The minimum absolute atomic E-state index is 0.00395. The number of nitrogens with zero attached hydrogens (tertiary/aromatic N) is 1. The molecule has 0 spiro atoms. The van der Waals surface area contributed by atoms with Crippen LogP contribution in [0.5, 0.6) is 0 Å². The van der Waals surface area contributed by atoms with E-state index in [4.69, 9.17) is 10.8 Å². The summed E-state index contributed by atoms with van der Waals surface area (Å²) in [6.45, 7) is 8.02. The van der Waals surface area contributed by atoms with Crippen molar-refractivity contribution in [3.63, 3.8) is 0 Å². The predicted molar refractivity (Wildman–Crippen MR) is 67.8 cm³/mol. The molecule has 1 rings (SSSR count). The Labute approximate surface area is 96.9 Å². The Kier molecular flexibility index (Phi) is 3.58. The molecule has 0 bridgehead atoms. The zero-order chi connectivity index (χ0) is 12.3. The fourth-order valence-corrected chi connectivity index (χ4v) is 1.38. The summed E-state index contributed by atoms with van der Waals surface area (Å²) in [4.78, 5) is 4.48. The normalized spacial score (nSPS) is 11.2. The minimum Gasteiger partial charge on any atom is -0.310 e. The van der Waals surface area contributed by atoms with E-state index in [-0.39, 0.29) is 5.41 Å². The first kappa shape index (κ1) is 12.6. The van der Waals surface area contributed by atoms with Crippen molar-refractivity contribution in [1.82, 2.24) is 4.98 Å². The Morgan fingerprint density at radius 3 is 2.38 bits per heavy atom. The molecular weight excluding hydrogens is 198 g/mol. The second kappa shape index (κ2) is 4.56. The lowest BCUT2D eigenvalue weighted by atomic mass is 9.91. The van der Waals surface area contributed by atoms with E-state index in [0.29, 0.717) is 23.5 Å². The van der Waals surface area contributed by atoms with Crippen LogP contribution in [-0.4, -0.2) is 16.4 Å². The van der Waals surface area contributed by atoms with Gasteiger partial charge in [-0.1, -0.05) is 26.8 Å². The molecule has 0 unspecified atom stereocenters. The van der Waals surface area contributed by atoms with Gasteiger partial charge < -0.3 is 10.8 Å². The molecule has 0 aliphatic rings. The van der Waals surface area contributed by atoms with E-state index in [1.165, 1.54) is 0 Å². The molecule has 1 aromatic rings. The molecule has 0 aliphatic carbocycles. The number of aromatic nitrogens is 1. The van der Waals surface area contributed by atoms with E-state index >= 15 is 0 Å². The summed E-state index contributed by atoms with van der Waals surface area (Å²) in [6, 6.07) is 5.74. The van der Waals surface area contributed by atoms with E-state index in [1.807, 2.05) is 18.2 Å². The third kappa shape index (κ3) is 3.26. The molecule has 86 valence electrons. The largest absolute Gasteiger partial charge is 0.310 e. The molecule has 0 amide bonds. The monoisotopic (exact) mass is 217 g/mol. The van der Waals surface area contributed by atoms with E-state index in [0.717, 1.165) is 5.69 Å². The predicted octanol–water partition coefficient (Wildman–Crippen LogP) is 3.18. The maximum Gasteiger partial charge on any atom is 0.0844 e. The highest BCUT2D eigenvalue weighted by Gasteiger charge is 2.16. The zero-order valence-corrected chi connectivity index (χ0v) is 10.4. The van der Waals surface area contributed by atoms with Crippen molar-refractivity contribution in [2.45, 2.75) is 39.5 Å². The van der Waals surface area contributed by atoms with Gasteiger partial charge in [0.25, 0.3) is 0 Å². The summed E-state index contributed by atoms with van der Waals surface area (Å²) < 4.78 is 0. The van der Waals surface area contributed by atoms with Gasteiger partial charge in [0.1, 0.15) is 0 Å². The van der Waals surface area contributed by atoms with Crippen LogP contribution in [0.2, 0.25) is 0 Å². The Morgan fingerprint density at radius 2 is 1.88 bits per heavy atom. The standard InChI is InChI=1S/C13H19N3/c1-9(14)8-10(15)11-6-5-7-12(16-11)13(2,3)4/h5-7,14-15H,8H2,1-4H3. The van der Waals surface area contributed by atoms with Crippen molar-refractivity contribution < 1.29 is 0 Å². The van der Waals surface area contributed by atoms with Crippen LogP contribution in [0.3, 0.4) is 0 Å². The highest BCUT2D eigenvalue weighted by atomic mass is 14.7. The van der Waals surface area contributed by atoms with Gasteiger partial charge in [-0.3, -0.25) is 4.98 Å². The molecule has 3 nitrogen and oxygen atoms in total. The maximum absolute atomic E-state index is 7.86. The van der Waals surface area contributed by atoms with Crippen LogP contribution in [0, 0.1) is 10.8 Å². The van der Waals surface area contributed by atoms with Crippen molar-refractivity contribution in [2.24, 2.45) is 0 Å². The van der Waals surface area contributed by atoms with Gasteiger partial charge in [-0.05, 0) is 19.1 Å². The van der Waals surface area contributed by atoms with Gasteiger partial charge in [0, 0.05) is 23.2 Å². The second-order valence-electron chi connectivity index (χ2n) is 5.09. The Balaban J connectivity index is 2.99. The average Bonchev–Trinajstić information content (AvgIpc) is 2.15. The molecule has 1 aromatic heterocycles. The smallest absolute Gasteiger partial charge is 0.0844 e. The SMILES string of the molecule is CC(=N)CC(=N)c1cccc(C(C)(C)C)n1. The molecule has 16 heavy (non-hydrogen) atoms. The number of pyridine rings is 1. The fraction of sp³-hybridized carbons (Fsp3) is 0.462. The lowest BCUT2D eigenvalue weighted by Gasteiger charge is -2.18. The topological polar surface area (TPSA) is 60.6 Å². The quantitative estimate of drug-likeness (QED) is 0.750. The zero-order valence-electron chi connectivity index (χ0n) is 10.4. The molecule has 0 saturated heterocycles. The molecule has 2 N–H and O–H groups in total. The first-order valence-corrected chi connectivity index (χ1v) is 5.40. The van der Waals surface area contributed by atoms with Crippen LogP contribution < -0.4 is 0 Å². The van der Waals surface area contributed by atoms with Gasteiger partial charge in [0.15, 0.2) is 0 Å². The summed E-state index contributed by atoms with van der Waals surface area (Å²) in [7, 11) is 0. The Morgan fingerprint density at radius 1 is 1.25 bits per heavy atom. The van der Waals surface area contributed by atoms with Crippen LogP contribution >= 0.6 is 0 Å². The van der Waals surface area contributed by atoms with E-state index < -0.39 is 0 Å². The molecule has 1 heterocycles. The van der Waals surface area contributed by atoms with Gasteiger partial charge in [-0.15, -0.1) is 0 Å². The molecule has 0 atom stereocenters.